The van der Waals surface area contributed by atoms with Crippen LogP contribution in [0.5, 0.6) is 0 Å². The predicted molar refractivity (Wildman–Crippen MR) is 72.1 cm³/mol. The lowest BCUT2D eigenvalue weighted by molar-refractivity contribution is 0.281. The van der Waals surface area contributed by atoms with Crippen molar-refractivity contribution in [2.45, 2.75) is 44.2 Å². The molecule has 1 unspecified atom stereocenters. The van der Waals surface area contributed by atoms with Gasteiger partial charge in [-0.3, -0.25) is 0 Å². The second-order valence-electron chi connectivity index (χ2n) is 4.22. The molecule has 1 rings (SSSR count). The summed E-state index contributed by atoms with van der Waals surface area (Å²) in [7, 11) is -3.55. The molecule has 102 valence electrons. The van der Waals surface area contributed by atoms with Crippen LogP contribution in [-0.4, -0.2) is 19.6 Å². The Kier molecular flexibility index (Phi) is 5.59. The van der Waals surface area contributed by atoms with E-state index in [9.17, 15) is 8.42 Å². The molecular formula is C12H18ClNO3S. The van der Waals surface area contributed by atoms with E-state index in [1.807, 2.05) is 13.8 Å². The van der Waals surface area contributed by atoms with Crippen molar-refractivity contribution in [2.24, 2.45) is 0 Å². The number of aliphatic hydroxyl groups excluding tert-OH is 1. The van der Waals surface area contributed by atoms with E-state index in [0.29, 0.717) is 10.6 Å². The van der Waals surface area contributed by atoms with Crippen LogP contribution in [0.15, 0.2) is 23.1 Å². The highest BCUT2D eigenvalue weighted by atomic mass is 35.5. The van der Waals surface area contributed by atoms with Crippen LogP contribution >= 0.6 is 11.6 Å². The van der Waals surface area contributed by atoms with Crippen LogP contribution < -0.4 is 4.72 Å². The normalized spacial score (nSPS) is 13.6. The van der Waals surface area contributed by atoms with Crippen molar-refractivity contribution in [2.75, 3.05) is 0 Å². The van der Waals surface area contributed by atoms with E-state index in [1.165, 1.54) is 18.2 Å². The van der Waals surface area contributed by atoms with Crippen LogP contribution in [0, 0.1) is 0 Å². The summed E-state index contributed by atoms with van der Waals surface area (Å²) in [5.41, 5.74) is 0.405. The molecule has 0 aliphatic rings. The molecule has 0 heterocycles. The molecule has 1 atom stereocenters. The Morgan fingerprint density at radius 1 is 1.44 bits per heavy atom. The van der Waals surface area contributed by atoms with Gasteiger partial charge < -0.3 is 5.11 Å². The average molecular weight is 292 g/mol. The van der Waals surface area contributed by atoms with Crippen LogP contribution in [0.1, 0.15) is 32.3 Å². The first-order valence-corrected chi connectivity index (χ1v) is 7.68. The number of halogens is 1. The van der Waals surface area contributed by atoms with Crippen LogP contribution in [0.25, 0.3) is 0 Å². The van der Waals surface area contributed by atoms with E-state index >= 15 is 0 Å². The molecule has 0 aromatic heterocycles. The van der Waals surface area contributed by atoms with Gasteiger partial charge >= 0.3 is 0 Å². The van der Waals surface area contributed by atoms with Crippen molar-refractivity contribution in [1.82, 2.24) is 4.72 Å². The van der Waals surface area contributed by atoms with E-state index in [2.05, 4.69) is 4.72 Å². The number of rotatable bonds is 6. The van der Waals surface area contributed by atoms with E-state index in [1.54, 1.807) is 0 Å². The van der Waals surface area contributed by atoms with Gasteiger partial charge in [-0.25, -0.2) is 13.1 Å². The standard InChI is InChI=1S/C12H18ClNO3S/c1-3-4-9(2)14-18(16,17)11-5-6-12(13)10(7-11)8-15/h5-7,9,14-15H,3-4,8H2,1-2H3. The largest absolute Gasteiger partial charge is 0.392 e. The Labute approximate surface area is 113 Å². The molecule has 0 radical (unpaired) electrons. The summed E-state index contributed by atoms with van der Waals surface area (Å²) in [6.45, 7) is 3.54. The highest BCUT2D eigenvalue weighted by Crippen LogP contribution is 2.20. The third-order valence-electron chi connectivity index (χ3n) is 2.58. The molecule has 0 aliphatic carbocycles. The highest BCUT2D eigenvalue weighted by Gasteiger charge is 2.18. The zero-order chi connectivity index (χ0) is 13.8. The monoisotopic (exact) mass is 291 g/mol. The molecule has 0 spiro atoms. The summed E-state index contributed by atoms with van der Waals surface area (Å²) in [4.78, 5) is 0.124. The molecule has 6 heteroatoms. The summed E-state index contributed by atoms with van der Waals surface area (Å²) in [5, 5.41) is 9.43. The number of nitrogens with one attached hydrogen (secondary N) is 1. The maximum absolute atomic E-state index is 12.1. The molecule has 0 amide bonds. The molecule has 0 bridgehead atoms. The number of sulfonamides is 1. The molecule has 0 saturated carbocycles. The quantitative estimate of drug-likeness (QED) is 0.845. The smallest absolute Gasteiger partial charge is 0.240 e. The maximum atomic E-state index is 12.1. The number of hydrogen-bond acceptors (Lipinski definition) is 3. The van der Waals surface area contributed by atoms with Gasteiger partial charge in [0.05, 0.1) is 11.5 Å². The third-order valence-corrected chi connectivity index (χ3v) is 4.53. The minimum atomic E-state index is -3.55. The lowest BCUT2D eigenvalue weighted by atomic mass is 10.2. The van der Waals surface area contributed by atoms with Gasteiger partial charge in [-0.15, -0.1) is 0 Å². The van der Waals surface area contributed by atoms with Crippen LogP contribution in [0.3, 0.4) is 0 Å². The molecule has 0 saturated heterocycles. The van der Waals surface area contributed by atoms with Crippen molar-refractivity contribution < 1.29 is 13.5 Å². The SMILES string of the molecule is CCCC(C)NS(=O)(=O)c1ccc(Cl)c(CO)c1. The van der Waals surface area contributed by atoms with Gasteiger partial charge in [0.25, 0.3) is 0 Å². The molecule has 0 aliphatic heterocycles. The lowest BCUT2D eigenvalue weighted by Gasteiger charge is -2.14. The maximum Gasteiger partial charge on any atom is 0.240 e. The van der Waals surface area contributed by atoms with E-state index < -0.39 is 10.0 Å². The average Bonchev–Trinajstić information content (AvgIpc) is 2.28. The van der Waals surface area contributed by atoms with Gasteiger partial charge in [0.1, 0.15) is 0 Å². The van der Waals surface area contributed by atoms with E-state index in [4.69, 9.17) is 16.7 Å². The summed E-state index contributed by atoms with van der Waals surface area (Å²) >= 11 is 5.83. The van der Waals surface area contributed by atoms with Crippen molar-refractivity contribution in [3.05, 3.63) is 28.8 Å². The van der Waals surface area contributed by atoms with Crippen LogP contribution in [0.4, 0.5) is 0 Å². The lowest BCUT2D eigenvalue weighted by Crippen LogP contribution is -2.32. The highest BCUT2D eigenvalue weighted by molar-refractivity contribution is 7.89. The topological polar surface area (TPSA) is 66.4 Å². The Balaban J connectivity index is 2.98. The molecule has 18 heavy (non-hydrogen) atoms. The van der Waals surface area contributed by atoms with Gasteiger partial charge in [-0.2, -0.15) is 0 Å². The minimum absolute atomic E-state index is 0.117. The zero-order valence-corrected chi connectivity index (χ0v) is 12.1. The molecule has 1 aromatic rings. The van der Waals surface area contributed by atoms with Gasteiger partial charge in [0, 0.05) is 11.1 Å². The third kappa shape index (κ3) is 3.95. The molecular weight excluding hydrogens is 274 g/mol. The first-order valence-electron chi connectivity index (χ1n) is 5.82. The van der Waals surface area contributed by atoms with E-state index in [0.717, 1.165) is 12.8 Å². The predicted octanol–water partition coefficient (Wildman–Crippen LogP) is 2.30. The summed E-state index contributed by atoms with van der Waals surface area (Å²) in [6, 6.07) is 4.19. The fraction of sp³-hybridized carbons (Fsp3) is 0.500. The van der Waals surface area contributed by atoms with Gasteiger partial charge in [-0.1, -0.05) is 24.9 Å². The van der Waals surface area contributed by atoms with Crippen LogP contribution in [0.2, 0.25) is 5.02 Å². The van der Waals surface area contributed by atoms with Crippen molar-refractivity contribution in [1.29, 1.82) is 0 Å². The fourth-order valence-electron chi connectivity index (χ4n) is 1.66. The van der Waals surface area contributed by atoms with Gasteiger partial charge in [0.15, 0.2) is 0 Å². The van der Waals surface area contributed by atoms with Crippen molar-refractivity contribution in [3.8, 4) is 0 Å². The summed E-state index contributed by atoms with van der Waals surface area (Å²) < 4.78 is 26.7. The second-order valence-corrected chi connectivity index (χ2v) is 6.34. The zero-order valence-electron chi connectivity index (χ0n) is 10.5. The Hall–Kier alpha value is -0.620. The van der Waals surface area contributed by atoms with Crippen molar-refractivity contribution in [3.63, 3.8) is 0 Å². The molecule has 1 aromatic carbocycles. The first-order chi connectivity index (χ1) is 8.40. The Morgan fingerprint density at radius 2 is 2.11 bits per heavy atom. The van der Waals surface area contributed by atoms with Crippen molar-refractivity contribution >= 4 is 21.6 Å². The minimum Gasteiger partial charge on any atom is -0.392 e. The second kappa shape index (κ2) is 6.52. The Morgan fingerprint density at radius 3 is 2.67 bits per heavy atom. The number of benzene rings is 1. The molecule has 2 N–H and O–H groups in total. The molecule has 4 nitrogen and oxygen atoms in total. The number of aliphatic hydroxyl groups is 1. The summed E-state index contributed by atoms with van der Waals surface area (Å²) in [6.07, 6.45) is 1.69. The number of hydrogen-bond donors (Lipinski definition) is 2. The first kappa shape index (κ1) is 15.4. The van der Waals surface area contributed by atoms with Gasteiger partial charge in [0.2, 0.25) is 10.0 Å². The fourth-order valence-corrected chi connectivity index (χ4v) is 3.17. The molecule has 0 fully saturated rings. The van der Waals surface area contributed by atoms with Gasteiger partial charge in [-0.05, 0) is 37.1 Å². The summed E-state index contributed by atoms with van der Waals surface area (Å²) in [5.74, 6) is 0. The Bertz CT molecular complexity index is 502. The van der Waals surface area contributed by atoms with E-state index in [-0.39, 0.29) is 17.5 Å². The van der Waals surface area contributed by atoms with Crippen LogP contribution in [-0.2, 0) is 16.6 Å².